The van der Waals surface area contributed by atoms with Crippen molar-refractivity contribution in [3.05, 3.63) is 60.7 Å². The van der Waals surface area contributed by atoms with E-state index < -0.39 is 7.82 Å². The number of phosphoric acid groups is 1. The molecule has 0 aliphatic heterocycles. The minimum atomic E-state index is -4.14. The van der Waals surface area contributed by atoms with E-state index >= 15 is 0 Å². The van der Waals surface area contributed by atoms with Gasteiger partial charge in [-0.2, -0.15) is 0 Å². The van der Waals surface area contributed by atoms with Crippen molar-refractivity contribution in [3.63, 3.8) is 0 Å². The molecule has 0 fully saturated rings. The van der Waals surface area contributed by atoms with Crippen LogP contribution in [-0.2, 0) is 4.57 Å². The van der Waals surface area contributed by atoms with Crippen molar-refractivity contribution in [2.45, 2.75) is 0 Å². The summed E-state index contributed by atoms with van der Waals surface area (Å²) < 4.78 is 21.5. The fourth-order valence-electron chi connectivity index (χ4n) is 1.25. The summed E-state index contributed by atoms with van der Waals surface area (Å²) in [4.78, 5) is 9.53. The highest BCUT2D eigenvalue weighted by molar-refractivity contribution is 7.48. The molecule has 0 spiro atoms. The summed E-state index contributed by atoms with van der Waals surface area (Å²) in [6, 6.07) is 16.7. The fraction of sp³-hybridized carbons (Fsp3) is 0. The predicted molar refractivity (Wildman–Crippen MR) is 69.7 cm³/mol. The van der Waals surface area contributed by atoms with E-state index in [2.05, 4.69) is 0 Å². The van der Waals surface area contributed by atoms with Crippen LogP contribution in [0.1, 0.15) is 0 Å². The highest BCUT2D eigenvalue weighted by Crippen LogP contribution is 2.43. The van der Waals surface area contributed by atoms with Crippen LogP contribution < -0.4 is 9.05 Å². The molecule has 91 valence electrons. The molecular weight excluding hydrogens is 266 g/mol. The quantitative estimate of drug-likeness (QED) is 0.689. The Kier molecular flexibility index (Phi) is 5.46. The van der Waals surface area contributed by atoms with E-state index in [0.29, 0.717) is 0 Å². The molecule has 0 aliphatic carbocycles. The van der Waals surface area contributed by atoms with Crippen LogP contribution in [0.4, 0.5) is 0 Å². The van der Waals surface area contributed by atoms with Crippen molar-refractivity contribution in [2.24, 2.45) is 0 Å². The lowest BCUT2D eigenvalue weighted by Crippen LogP contribution is -1.99. The first kappa shape index (κ1) is 14.8. The number of para-hydroxylation sites is 2. The number of hydrogen-bond donors (Lipinski definition) is 1. The van der Waals surface area contributed by atoms with Crippen LogP contribution >= 0.6 is 7.82 Å². The van der Waals surface area contributed by atoms with Crippen molar-refractivity contribution in [2.75, 3.05) is 0 Å². The molecule has 0 saturated carbocycles. The number of phosphoric ester groups is 1. The summed E-state index contributed by atoms with van der Waals surface area (Å²) in [6.45, 7) is 0. The van der Waals surface area contributed by atoms with Gasteiger partial charge in [-0.3, -0.25) is 4.89 Å². The summed E-state index contributed by atoms with van der Waals surface area (Å²) in [5, 5.41) is 0. The smallest absolute Gasteiger partial charge is 0.395 e. The zero-order chi connectivity index (χ0) is 12.1. The maximum absolute atomic E-state index is 11.7. The van der Waals surface area contributed by atoms with Crippen LogP contribution in [0.5, 0.6) is 11.5 Å². The van der Waals surface area contributed by atoms with Crippen LogP contribution in [0.3, 0.4) is 0 Å². The molecule has 1 N–H and O–H groups in total. The highest BCUT2D eigenvalue weighted by atomic mass is 31.2. The zero-order valence-electron chi connectivity index (χ0n) is 9.47. The summed E-state index contributed by atoms with van der Waals surface area (Å²) >= 11 is 0. The molecule has 0 heterocycles. The Labute approximate surface area is 116 Å². The van der Waals surface area contributed by atoms with Gasteiger partial charge in [0, 0.05) is 17.4 Å². The normalized spacial score (nSPS) is 10.3. The lowest BCUT2D eigenvalue weighted by atomic mass is 10.3. The Morgan fingerprint density at radius 1 is 0.778 bits per heavy atom. The Morgan fingerprint density at radius 2 is 1.11 bits per heavy atom. The van der Waals surface area contributed by atoms with E-state index in [0.717, 1.165) is 0 Å². The molecule has 0 unspecified atom stereocenters. The van der Waals surface area contributed by atoms with Crippen LogP contribution in [0.25, 0.3) is 0 Å². The van der Waals surface area contributed by atoms with Gasteiger partial charge in [0.25, 0.3) is 0 Å². The summed E-state index contributed by atoms with van der Waals surface area (Å²) in [5.74, 6) is 0.573. The van der Waals surface area contributed by atoms with Crippen molar-refractivity contribution in [1.29, 1.82) is 0 Å². The lowest BCUT2D eigenvalue weighted by Gasteiger charge is -2.13. The van der Waals surface area contributed by atoms with Gasteiger partial charge in [-0.1, -0.05) is 36.4 Å². The summed E-state index contributed by atoms with van der Waals surface area (Å²) in [7, 11) is -4.14. The largest absolute Gasteiger partial charge is 0.584 e. The molecule has 6 heteroatoms. The molecule has 0 amide bonds. The second-order valence-electron chi connectivity index (χ2n) is 3.28. The van der Waals surface area contributed by atoms with E-state index in [9.17, 15) is 9.46 Å². The first-order valence-corrected chi connectivity index (χ1v) is 6.47. The van der Waals surface area contributed by atoms with Gasteiger partial charge in [0.05, 0.1) is 0 Å². The van der Waals surface area contributed by atoms with E-state index in [1.165, 1.54) is 0 Å². The molecular formula is C12H11AlO4P. The van der Waals surface area contributed by atoms with Gasteiger partial charge < -0.3 is 9.05 Å². The predicted octanol–water partition coefficient (Wildman–Crippen LogP) is 2.86. The molecule has 0 aromatic heterocycles. The SMILES string of the molecule is O=P(O)(Oc1ccccc1)Oc1ccccc1.[Al]. The Bertz CT molecular complexity index is 473. The first-order valence-electron chi connectivity index (χ1n) is 4.98. The average Bonchev–Trinajstić information content (AvgIpc) is 2.30. The maximum Gasteiger partial charge on any atom is 0.584 e. The highest BCUT2D eigenvalue weighted by Gasteiger charge is 2.24. The van der Waals surface area contributed by atoms with Crippen LogP contribution in [0.15, 0.2) is 60.7 Å². The fourth-order valence-corrected chi connectivity index (χ4v) is 2.06. The maximum atomic E-state index is 11.7. The minimum absolute atomic E-state index is 0. The lowest BCUT2D eigenvalue weighted by molar-refractivity contribution is 0.291. The topological polar surface area (TPSA) is 55.8 Å². The molecule has 0 bridgehead atoms. The zero-order valence-corrected chi connectivity index (χ0v) is 11.5. The Balaban J connectivity index is 0.00000162. The molecule has 4 nitrogen and oxygen atoms in total. The third-order valence-electron chi connectivity index (χ3n) is 1.93. The first-order chi connectivity index (χ1) is 8.16. The molecule has 0 saturated heterocycles. The third-order valence-corrected chi connectivity index (χ3v) is 2.81. The van der Waals surface area contributed by atoms with Gasteiger partial charge in [-0.15, -0.1) is 0 Å². The molecule has 18 heavy (non-hydrogen) atoms. The average molecular weight is 277 g/mol. The molecule has 2 aromatic carbocycles. The van der Waals surface area contributed by atoms with E-state index in [1.807, 2.05) is 0 Å². The van der Waals surface area contributed by atoms with Gasteiger partial charge in [-0.25, -0.2) is 4.57 Å². The van der Waals surface area contributed by atoms with Crippen LogP contribution in [0.2, 0.25) is 0 Å². The number of hydrogen-bond acceptors (Lipinski definition) is 3. The second kappa shape index (κ2) is 6.63. The van der Waals surface area contributed by atoms with E-state index in [-0.39, 0.29) is 28.9 Å². The minimum Gasteiger partial charge on any atom is -0.395 e. The van der Waals surface area contributed by atoms with E-state index in [4.69, 9.17) is 9.05 Å². The number of benzene rings is 2. The molecule has 2 rings (SSSR count). The monoisotopic (exact) mass is 277 g/mol. The van der Waals surface area contributed by atoms with Crippen LogP contribution in [0, 0.1) is 0 Å². The standard InChI is InChI=1S/C12H11O4P.Al/c13-17(14,15-11-7-3-1-4-8-11)16-12-9-5-2-6-10-12;/h1-10H,(H,13,14);. The van der Waals surface area contributed by atoms with Gasteiger partial charge in [0.1, 0.15) is 11.5 Å². The summed E-state index contributed by atoms with van der Waals surface area (Å²) in [6.07, 6.45) is 0. The van der Waals surface area contributed by atoms with Gasteiger partial charge in [-0.05, 0) is 24.3 Å². The van der Waals surface area contributed by atoms with Gasteiger partial charge >= 0.3 is 7.82 Å². The van der Waals surface area contributed by atoms with Crippen molar-refractivity contribution in [3.8, 4) is 11.5 Å². The molecule has 2 aromatic rings. The number of rotatable bonds is 4. The summed E-state index contributed by atoms with van der Waals surface area (Å²) in [5.41, 5.74) is 0. The second-order valence-corrected chi connectivity index (χ2v) is 4.58. The van der Waals surface area contributed by atoms with Gasteiger partial charge in [0.2, 0.25) is 0 Å². The molecule has 0 atom stereocenters. The third kappa shape index (κ3) is 4.56. The van der Waals surface area contributed by atoms with Crippen LogP contribution in [-0.4, -0.2) is 22.3 Å². The Hall–Kier alpha value is -1.24. The van der Waals surface area contributed by atoms with Crippen molar-refractivity contribution < 1.29 is 18.5 Å². The van der Waals surface area contributed by atoms with Crippen molar-refractivity contribution >= 4 is 25.2 Å². The Morgan fingerprint density at radius 3 is 1.44 bits per heavy atom. The molecule has 0 aliphatic rings. The van der Waals surface area contributed by atoms with Crippen molar-refractivity contribution in [1.82, 2.24) is 0 Å². The van der Waals surface area contributed by atoms with E-state index in [1.54, 1.807) is 60.7 Å². The molecule has 3 radical (unpaired) electrons. The van der Waals surface area contributed by atoms with Gasteiger partial charge in [0.15, 0.2) is 0 Å².